The average Bonchev–Trinajstić information content (AvgIpc) is 2.54. The van der Waals surface area contributed by atoms with Gasteiger partial charge in [0.25, 0.3) is 0 Å². The summed E-state index contributed by atoms with van der Waals surface area (Å²) in [7, 11) is 0. The monoisotopic (exact) mass is 247 g/mol. The fraction of sp³-hybridized carbons (Fsp3) is 0.333. The van der Waals surface area contributed by atoms with E-state index in [2.05, 4.69) is 25.4 Å². The Bertz CT molecular complexity index is 665. The van der Waals surface area contributed by atoms with Crippen LogP contribution >= 0.6 is 0 Å². The van der Waals surface area contributed by atoms with Crippen LogP contribution in [0.15, 0.2) is 18.7 Å². The van der Waals surface area contributed by atoms with Crippen molar-refractivity contribution in [1.29, 1.82) is 0 Å². The molecular weight excluding hydrogens is 232 g/mol. The van der Waals surface area contributed by atoms with E-state index in [1.807, 2.05) is 0 Å². The van der Waals surface area contributed by atoms with E-state index in [4.69, 9.17) is 0 Å². The molecule has 2 aromatic rings. The molecular formula is C15H15F2N. The molecule has 94 valence electrons. The van der Waals surface area contributed by atoms with Crippen LogP contribution in [-0.4, -0.2) is 4.98 Å². The topological polar surface area (TPSA) is 15.8 Å². The molecule has 18 heavy (non-hydrogen) atoms. The summed E-state index contributed by atoms with van der Waals surface area (Å²) in [6.07, 6.45) is 1.76. The van der Waals surface area contributed by atoms with E-state index in [0.29, 0.717) is 5.52 Å². The molecule has 3 rings (SSSR count). The molecule has 1 aliphatic rings. The number of aromatic nitrogens is 1. The summed E-state index contributed by atoms with van der Waals surface area (Å²) in [6.45, 7) is 8.44. The molecule has 0 unspecified atom stereocenters. The zero-order chi connectivity index (χ0) is 13.1. The normalized spacial score (nSPS) is 18.1. The van der Waals surface area contributed by atoms with Gasteiger partial charge in [-0.3, -0.25) is 0 Å². The maximum absolute atomic E-state index is 13.4. The molecule has 0 bridgehead atoms. The van der Waals surface area contributed by atoms with Gasteiger partial charge in [-0.15, -0.1) is 0 Å². The van der Waals surface area contributed by atoms with Crippen LogP contribution in [0.3, 0.4) is 0 Å². The highest BCUT2D eigenvalue weighted by Crippen LogP contribution is 2.43. The molecule has 0 aliphatic heterocycles. The van der Waals surface area contributed by atoms with E-state index in [0.717, 1.165) is 35.1 Å². The number of hydrogen-bond donors (Lipinski definition) is 1. The maximum atomic E-state index is 13.4. The minimum Gasteiger partial charge on any atom is -0.358 e. The molecule has 1 aliphatic carbocycles. The van der Waals surface area contributed by atoms with Crippen molar-refractivity contribution < 1.29 is 8.78 Å². The van der Waals surface area contributed by atoms with E-state index >= 15 is 0 Å². The molecule has 0 saturated heterocycles. The Morgan fingerprint density at radius 1 is 1.17 bits per heavy atom. The number of allylic oxidation sites excluding steroid dienone is 1. The zero-order valence-electron chi connectivity index (χ0n) is 10.5. The summed E-state index contributed by atoms with van der Waals surface area (Å²) in [4.78, 5) is 3.20. The Balaban J connectivity index is 2.30. The lowest BCUT2D eigenvalue weighted by Crippen LogP contribution is -2.20. The van der Waals surface area contributed by atoms with Gasteiger partial charge in [-0.1, -0.05) is 20.4 Å². The number of H-pyrrole nitrogens is 1. The summed E-state index contributed by atoms with van der Waals surface area (Å²) in [5.41, 5.74) is 3.80. The van der Waals surface area contributed by atoms with Gasteiger partial charge in [0, 0.05) is 28.2 Å². The van der Waals surface area contributed by atoms with Crippen LogP contribution < -0.4 is 0 Å². The first-order chi connectivity index (χ1) is 8.37. The standard InChI is InChI=1S/C15H15F2N/c1-8-6-15(2,3)7-13-14(8)9-4-10(16)11(17)5-12(9)18-13/h4-5,18H,1,6-7H2,2-3H3. The summed E-state index contributed by atoms with van der Waals surface area (Å²) >= 11 is 0. The maximum Gasteiger partial charge on any atom is 0.160 e. The SMILES string of the molecule is C=C1CC(C)(C)Cc2[nH]c3cc(F)c(F)cc3c21. The smallest absolute Gasteiger partial charge is 0.160 e. The number of aromatic amines is 1. The van der Waals surface area contributed by atoms with Gasteiger partial charge in [-0.25, -0.2) is 8.78 Å². The molecule has 0 fully saturated rings. The Hall–Kier alpha value is -1.64. The van der Waals surface area contributed by atoms with Crippen LogP contribution in [0.5, 0.6) is 0 Å². The van der Waals surface area contributed by atoms with Gasteiger partial charge in [-0.05, 0) is 29.9 Å². The highest BCUT2D eigenvalue weighted by Gasteiger charge is 2.30. The Morgan fingerprint density at radius 3 is 2.56 bits per heavy atom. The van der Waals surface area contributed by atoms with Crippen molar-refractivity contribution in [2.75, 3.05) is 0 Å². The van der Waals surface area contributed by atoms with Gasteiger partial charge in [0.05, 0.1) is 0 Å². The predicted molar refractivity (Wildman–Crippen MR) is 69.4 cm³/mol. The van der Waals surface area contributed by atoms with Crippen LogP contribution in [-0.2, 0) is 6.42 Å². The first-order valence-electron chi connectivity index (χ1n) is 6.05. The van der Waals surface area contributed by atoms with Crippen LogP contribution in [0, 0.1) is 17.0 Å². The fourth-order valence-electron chi connectivity index (χ4n) is 2.99. The lowest BCUT2D eigenvalue weighted by atomic mass is 9.74. The lowest BCUT2D eigenvalue weighted by molar-refractivity contribution is 0.362. The van der Waals surface area contributed by atoms with Gasteiger partial charge in [0.2, 0.25) is 0 Å². The van der Waals surface area contributed by atoms with Gasteiger partial charge in [-0.2, -0.15) is 0 Å². The van der Waals surface area contributed by atoms with Crippen LogP contribution in [0.2, 0.25) is 0 Å². The molecule has 1 heterocycles. The second-order valence-corrected chi connectivity index (χ2v) is 5.91. The van der Waals surface area contributed by atoms with Gasteiger partial charge >= 0.3 is 0 Å². The molecule has 3 heteroatoms. The van der Waals surface area contributed by atoms with E-state index in [-0.39, 0.29) is 5.41 Å². The first kappa shape index (κ1) is 11.5. The van der Waals surface area contributed by atoms with Crippen LogP contribution in [0.25, 0.3) is 16.5 Å². The van der Waals surface area contributed by atoms with Crippen LogP contribution in [0.1, 0.15) is 31.5 Å². The van der Waals surface area contributed by atoms with Gasteiger partial charge < -0.3 is 4.98 Å². The first-order valence-corrected chi connectivity index (χ1v) is 6.05. The lowest BCUT2D eigenvalue weighted by Gasteiger charge is -2.30. The predicted octanol–water partition coefficient (Wildman–Crippen LogP) is 4.43. The average molecular weight is 247 g/mol. The third kappa shape index (κ3) is 1.57. The Kier molecular flexibility index (Phi) is 2.19. The minimum absolute atomic E-state index is 0.141. The second kappa shape index (κ2) is 3.44. The Labute approximate surface area is 105 Å². The van der Waals surface area contributed by atoms with E-state index in [1.165, 1.54) is 12.1 Å². The second-order valence-electron chi connectivity index (χ2n) is 5.91. The molecule has 1 N–H and O–H groups in total. The van der Waals surface area contributed by atoms with E-state index in [1.54, 1.807) is 0 Å². The quantitative estimate of drug-likeness (QED) is 0.708. The third-order valence-electron chi connectivity index (χ3n) is 3.62. The molecule has 0 saturated carbocycles. The number of benzene rings is 1. The summed E-state index contributed by atoms with van der Waals surface area (Å²) in [6, 6.07) is 2.49. The molecule has 0 atom stereocenters. The third-order valence-corrected chi connectivity index (χ3v) is 3.62. The van der Waals surface area contributed by atoms with Crippen molar-refractivity contribution in [1.82, 2.24) is 4.98 Å². The van der Waals surface area contributed by atoms with E-state index < -0.39 is 11.6 Å². The number of hydrogen-bond acceptors (Lipinski definition) is 0. The number of nitrogens with one attached hydrogen (secondary N) is 1. The Morgan fingerprint density at radius 2 is 1.83 bits per heavy atom. The van der Waals surface area contributed by atoms with E-state index in [9.17, 15) is 8.78 Å². The van der Waals surface area contributed by atoms with Crippen molar-refractivity contribution in [3.8, 4) is 0 Å². The largest absolute Gasteiger partial charge is 0.358 e. The molecule has 1 aromatic heterocycles. The minimum atomic E-state index is -0.814. The van der Waals surface area contributed by atoms with Gasteiger partial charge in [0.1, 0.15) is 0 Å². The molecule has 0 amide bonds. The summed E-state index contributed by atoms with van der Waals surface area (Å²) in [5, 5.41) is 0.740. The molecule has 1 aromatic carbocycles. The molecule has 0 spiro atoms. The number of halogens is 2. The zero-order valence-corrected chi connectivity index (χ0v) is 10.5. The van der Waals surface area contributed by atoms with Crippen LogP contribution in [0.4, 0.5) is 8.78 Å². The summed E-state index contributed by atoms with van der Waals surface area (Å²) in [5.74, 6) is -1.62. The molecule has 1 nitrogen and oxygen atoms in total. The van der Waals surface area contributed by atoms with Crippen molar-refractivity contribution in [3.05, 3.63) is 41.6 Å². The van der Waals surface area contributed by atoms with Gasteiger partial charge in [0.15, 0.2) is 11.6 Å². The van der Waals surface area contributed by atoms with Crippen molar-refractivity contribution in [2.24, 2.45) is 5.41 Å². The van der Waals surface area contributed by atoms with Crippen molar-refractivity contribution in [2.45, 2.75) is 26.7 Å². The van der Waals surface area contributed by atoms with Crippen molar-refractivity contribution in [3.63, 3.8) is 0 Å². The number of fused-ring (bicyclic) bond motifs is 3. The van der Waals surface area contributed by atoms with Crippen molar-refractivity contribution >= 4 is 16.5 Å². The summed E-state index contributed by atoms with van der Waals surface area (Å²) < 4.78 is 26.6. The number of rotatable bonds is 0. The fourth-order valence-corrected chi connectivity index (χ4v) is 2.99. The molecule has 0 radical (unpaired) electrons. The highest BCUT2D eigenvalue weighted by atomic mass is 19.2. The highest BCUT2D eigenvalue weighted by molar-refractivity contribution is 5.94.